The normalized spacial score (nSPS) is 28.4. The molecule has 0 aromatic heterocycles. The molecule has 3 atom stereocenters. The zero-order chi connectivity index (χ0) is 14.0. The molecule has 3 unspecified atom stereocenters. The summed E-state index contributed by atoms with van der Waals surface area (Å²) in [6.07, 6.45) is 4.05. The van der Waals surface area contributed by atoms with Gasteiger partial charge in [-0.3, -0.25) is 0 Å². The van der Waals surface area contributed by atoms with Crippen molar-refractivity contribution in [2.45, 2.75) is 52.6 Å². The van der Waals surface area contributed by atoms with Crippen LogP contribution in [0.5, 0.6) is 0 Å². The summed E-state index contributed by atoms with van der Waals surface area (Å²) in [4.78, 5) is 0. The van der Waals surface area contributed by atoms with Crippen LogP contribution in [0.15, 0.2) is 24.3 Å². The Balaban J connectivity index is 2.03. The Kier molecular flexibility index (Phi) is 4.58. The molecule has 1 aliphatic carbocycles. The molecule has 1 aromatic carbocycles. The highest BCUT2D eigenvalue weighted by atomic mass is 35.5. The molecule has 1 aliphatic rings. The lowest BCUT2D eigenvalue weighted by atomic mass is 9.67. The van der Waals surface area contributed by atoms with Gasteiger partial charge in [0.05, 0.1) is 6.10 Å². The topological polar surface area (TPSA) is 20.2 Å². The van der Waals surface area contributed by atoms with Crippen molar-refractivity contribution in [1.29, 1.82) is 0 Å². The van der Waals surface area contributed by atoms with Gasteiger partial charge in [-0.25, -0.2) is 0 Å². The minimum absolute atomic E-state index is 0.144. The van der Waals surface area contributed by atoms with E-state index in [0.29, 0.717) is 17.3 Å². The van der Waals surface area contributed by atoms with Gasteiger partial charge in [0.25, 0.3) is 0 Å². The van der Waals surface area contributed by atoms with Gasteiger partial charge in [0.1, 0.15) is 0 Å². The maximum atomic E-state index is 10.2. The zero-order valence-electron chi connectivity index (χ0n) is 12.2. The van der Waals surface area contributed by atoms with Crippen molar-refractivity contribution in [3.05, 3.63) is 34.9 Å². The average Bonchev–Trinajstić information content (AvgIpc) is 2.33. The second kappa shape index (κ2) is 5.85. The van der Waals surface area contributed by atoms with Crippen LogP contribution in [-0.4, -0.2) is 11.2 Å². The molecule has 1 N–H and O–H groups in total. The molecule has 1 nitrogen and oxygen atoms in total. The summed E-state index contributed by atoms with van der Waals surface area (Å²) in [6, 6.07) is 8.03. The monoisotopic (exact) mass is 280 g/mol. The van der Waals surface area contributed by atoms with E-state index in [-0.39, 0.29) is 6.10 Å². The fourth-order valence-corrected chi connectivity index (χ4v) is 3.30. The molecule has 106 valence electrons. The molecular weight excluding hydrogens is 256 g/mol. The van der Waals surface area contributed by atoms with E-state index in [1.54, 1.807) is 0 Å². The maximum absolute atomic E-state index is 10.2. The van der Waals surface area contributed by atoms with E-state index in [1.807, 2.05) is 12.1 Å². The number of hydrogen-bond donors (Lipinski definition) is 1. The lowest BCUT2D eigenvalue weighted by Crippen LogP contribution is -2.35. The van der Waals surface area contributed by atoms with E-state index >= 15 is 0 Å². The first-order valence-electron chi connectivity index (χ1n) is 7.29. The lowest BCUT2D eigenvalue weighted by Gasteiger charge is -2.40. The Morgan fingerprint density at radius 1 is 1.16 bits per heavy atom. The number of rotatable bonds is 2. The fraction of sp³-hybridized carbons (Fsp3) is 0.647. The number of aliphatic hydroxyl groups excluding tert-OH is 1. The quantitative estimate of drug-likeness (QED) is 0.832. The first kappa shape index (κ1) is 14.9. The molecule has 0 spiro atoms. The van der Waals surface area contributed by atoms with Crippen LogP contribution >= 0.6 is 11.6 Å². The summed E-state index contributed by atoms with van der Waals surface area (Å²) in [5, 5.41) is 11.0. The fourth-order valence-electron chi connectivity index (χ4n) is 3.18. The predicted molar refractivity (Wildman–Crippen MR) is 81.4 cm³/mol. The summed E-state index contributed by atoms with van der Waals surface area (Å²) in [5.74, 6) is 1.10. The molecule has 0 radical (unpaired) electrons. The van der Waals surface area contributed by atoms with Gasteiger partial charge < -0.3 is 5.11 Å². The zero-order valence-corrected chi connectivity index (χ0v) is 13.0. The van der Waals surface area contributed by atoms with Gasteiger partial charge in [0, 0.05) is 5.02 Å². The lowest BCUT2D eigenvalue weighted by molar-refractivity contribution is 0.0196. The van der Waals surface area contributed by atoms with Crippen LogP contribution in [0.1, 0.15) is 45.6 Å². The number of benzene rings is 1. The Hall–Kier alpha value is -0.530. The van der Waals surface area contributed by atoms with Gasteiger partial charge in [0.15, 0.2) is 0 Å². The highest BCUT2D eigenvalue weighted by molar-refractivity contribution is 6.30. The Labute approximate surface area is 122 Å². The minimum Gasteiger partial charge on any atom is -0.393 e. The van der Waals surface area contributed by atoms with Crippen molar-refractivity contribution >= 4 is 11.6 Å². The molecule has 0 aliphatic heterocycles. The van der Waals surface area contributed by atoms with Crippen molar-refractivity contribution in [3.63, 3.8) is 0 Å². The van der Waals surface area contributed by atoms with Crippen LogP contribution in [0.2, 0.25) is 5.02 Å². The van der Waals surface area contributed by atoms with Crippen LogP contribution in [-0.2, 0) is 6.42 Å². The second-order valence-electron chi connectivity index (χ2n) is 7.03. The summed E-state index contributed by atoms with van der Waals surface area (Å²) in [5.41, 5.74) is 1.63. The van der Waals surface area contributed by atoms with Gasteiger partial charge in [-0.1, -0.05) is 44.5 Å². The Morgan fingerprint density at radius 3 is 2.37 bits per heavy atom. The standard InChI is InChI=1S/C17H25ClO/c1-17(2,3)14-6-9-16(19)13(11-14)10-12-4-7-15(18)8-5-12/h4-5,7-8,13-14,16,19H,6,9-11H2,1-3H3. The van der Waals surface area contributed by atoms with Crippen molar-refractivity contribution in [2.24, 2.45) is 17.3 Å². The van der Waals surface area contributed by atoms with Crippen LogP contribution < -0.4 is 0 Å². The predicted octanol–water partition coefficient (Wildman–Crippen LogP) is 4.71. The smallest absolute Gasteiger partial charge is 0.0571 e. The van der Waals surface area contributed by atoms with Gasteiger partial charge in [0.2, 0.25) is 0 Å². The van der Waals surface area contributed by atoms with E-state index < -0.39 is 0 Å². The first-order chi connectivity index (χ1) is 8.86. The van der Waals surface area contributed by atoms with E-state index in [0.717, 1.165) is 30.7 Å². The van der Waals surface area contributed by atoms with Crippen LogP contribution in [0.25, 0.3) is 0 Å². The van der Waals surface area contributed by atoms with Crippen LogP contribution in [0.3, 0.4) is 0 Å². The first-order valence-corrected chi connectivity index (χ1v) is 7.66. The van der Waals surface area contributed by atoms with E-state index in [4.69, 9.17) is 11.6 Å². The highest BCUT2D eigenvalue weighted by Gasteiger charge is 2.34. The van der Waals surface area contributed by atoms with Gasteiger partial charge in [-0.05, 0) is 60.6 Å². The Bertz CT molecular complexity index is 404. The maximum Gasteiger partial charge on any atom is 0.0571 e. The third-order valence-electron chi connectivity index (χ3n) is 4.58. The van der Waals surface area contributed by atoms with Crippen molar-refractivity contribution < 1.29 is 5.11 Å². The second-order valence-corrected chi connectivity index (χ2v) is 7.47. The molecule has 0 heterocycles. The summed E-state index contributed by atoms with van der Waals surface area (Å²) < 4.78 is 0. The number of aliphatic hydroxyl groups is 1. The van der Waals surface area contributed by atoms with Crippen molar-refractivity contribution in [2.75, 3.05) is 0 Å². The van der Waals surface area contributed by atoms with E-state index in [2.05, 4.69) is 32.9 Å². The molecule has 0 saturated heterocycles. The highest BCUT2D eigenvalue weighted by Crippen LogP contribution is 2.41. The number of hydrogen-bond acceptors (Lipinski definition) is 1. The molecule has 0 bridgehead atoms. The van der Waals surface area contributed by atoms with Crippen molar-refractivity contribution in [1.82, 2.24) is 0 Å². The minimum atomic E-state index is -0.144. The van der Waals surface area contributed by atoms with E-state index in [1.165, 1.54) is 5.56 Å². The summed E-state index contributed by atoms with van der Waals surface area (Å²) in [7, 11) is 0. The van der Waals surface area contributed by atoms with Gasteiger partial charge in [-0.15, -0.1) is 0 Å². The number of halogens is 1. The van der Waals surface area contributed by atoms with Crippen LogP contribution in [0, 0.1) is 17.3 Å². The summed E-state index contributed by atoms with van der Waals surface area (Å²) >= 11 is 5.92. The molecule has 1 saturated carbocycles. The molecule has 2 rings (SSSR count). The van der Waals surface area contributed by atoms with Crippen LogP contribution in [0.4, 0.5) is 0 Å². The Morgan fingerprint density at radius 2 is 1.79 bits per heavy atom. The SMILES string of the molecule is CC(C)(C)C1CCC(O)C(Cc2ccc(Cl)cc2)C1. The third-order valence-corrected chi connectivity index (χ3v) is 4.83. The molecule has 2 heteroatoms. The molecular formula is C17H25ClO. The molecule has 19 heavy (non-hydrogen) atoms. The molecule has 1 aromatic rings. The van der Waals surface area contributed by atoms with Gasteiger partial charge >= 0.3 is 0 Å². The van der Waals surface area contributed by atoms with Crippen molar-refractivity contribution in [3.8, 4) is 0 Å². The molecule has 0 amide bonds. The third kappa shape index (κ3) is 3.97. The van der Waals surface area contributed by atoms with E-state index in [9.17, 15) is 5.11 Å². The van der Waals surface area contributed by atoms with Gasteiger partial charge in [-0.2, -0.15) is 0 Å². The average molecular weight is 281 g/mol. The molecule has 1 fully saturated rings. The summed E-state index contributed by atoms with van der Waals surface area (Å²) in [6.45, 7) is 6.94. The largest absolute Gasteiger partial charge is 0.393 e.